The molecule has 0 atom stereocenters. The summed E-state index contributed by atoms with van der Waals surface area (Å²) in [6, 6.07) is 8.49. The van der Waals surface area contributed by atoms with E-state index < -0.39 is 0 Å². The number of nitrogens with zero attached hydrogens (tertiary/aromatic N) is 2. The van der Waals surface area contributed by atoms with Crippen LogP contribution in [0.3, 0.4) is 0 Å². The smallest absolute Gasteiger partial charge is 0.0625 e. The van der Waals surface area contributed by atoms with E-state index in [-0.39, 0.29) is 0 Å². The van der Waals surface area contributed by atoms with Crippen molar-refractivity contribution >= 4 is 11.9 Å². The van der Waals surface area contributed by atoms with Gasteiger partial charge in [0, 0.05) is 12.8 Å². The lowest BCUT2D eigenvalue weighted by molar-refractivity contribution is 0.716. The van der Waals surface area contributed by atoms with Crippen LogP contribution in [0.25, 0.3) is 0 Å². The van der Waals surface area contributed by atoms with Gasteiger partial charge in [-0.1, -0.05) is 18.2 Å². The van der Waals surface area contributed by atoms with E-state index in [0.717, 1.165) is 6.54 Å². The van der Waals surface area contributed by atoms with Gasteiger partial charge in [-0.15, -0.1) is 0 Å². The zero-order valence-corrected chi connectivity index (χ0v) is 7.90. The number of benzene rings is 1. The van der Waals surface area contributed by atoms with Crippen LogP contribution in [0, 0.1) is 0 Å². The molecular formula is C11H14N2. The molecule has 1 aromatic carbocycles. The number of hydrogen-bond donors (Lipinski definition) is 0. The van der Waals surface area contributed by atoms with Crippen LogP contribution < -0.4 is 5.01 Å². The molecule has 2 rings (SSSR count). The number of anilines is 1. The Morgan fingerprint density at radius 2 is 2.23 bits per heavy atom. The average molecular weight is 174 g/mol. The lowest BCUT2D eigenvalue weighted by atomic mass is 10.0. The highest BCUT2D eigenvalue weighted by Crippen LogP contribution is 2.26. The summed E-state index contributed by atoms with van der Waals surface area (Å²) in [4.78, 5) is 0. The highest BCUT2D eigenvalue weighted by molar-refractivity contribution is 5.60. The molecule has 0 spiro atoms. The van der Waals surface area contributed by atoms with E-state index >= 15 is 0 Å². The molecule has 0 aromatic heterocycles. The van der Waals surface area contributed by atoms with E-state index in [9.17, 15) is 0 Å². The second-order valence-electron chi connectivity index (χ2n) is 3.23. The zero-order valence-electron chi connectivity index (χ0n) is 7.90. The summed E-state index contributed by atoms with van der Waals surface area (Å²) < 4.78 is 0. The minimum absolute atomic E-state index is 1.04. The first-order valence-electron chi connectivity index (χ1n) is 4.76. The molecule has 1 aromatic rings. The Balaban J connectivity index is 2.36. The largest absolute Gasteiger partial charge is 0.266 e. The Morgan fingerprint density at radius 3 is 3.08 bits per heavy atom. The predicted molar refractivity (Wildman–Crippen MR) is 56.3 cm³/mol. The first kappa shape index (κ1) is 8.30. The van der Waals surface area contributed by atoms with Crippen LogP contribution in [0.5, 0.6) is 0 Å². The van der Waals surface area contributed by atoms with Crippen molar-refractivity contribution in [3.8, 4) is 0 Å². The van der Waals surface area contributed by atoms with Gasteiger partial charge in [-0.2, -0.15) is 5.10 Å². The molecule has 2 nitrogen and oxygen atoms in total. The van der Waals surface area contributed by atoms with Crippen LogP contribution >= 0.6 is 0 Å². The van der Waals surface area contributed by atoms with E-state index in [2.05, 4.69) is 34.4 Å². The van der Waals surface area contributed by atoms with Crippen molar-refractivity contribution < 1.29 is 0 Å². The van der Waals surface area contributed by atoms with E-state index in [0.29, 0.717) is 0 Å². The molecule has 0 fully saturated rings. The third kappa shape index (κ3) is 1.57. The van der Waals surface area contributed by atoms with Gasteiger partial charge in [-0.25, -0.2) is 0 Å². The second kappa shape index (κ2) is 3.60. The van der Waals surface area contributed by atoms with E-state index in [1.807, 2.05) is 13.1 Å². The fraction of sp³-hybridized carbons (Fsp3) is 0.364. The van der Waals surface area contributed by atoms with Crippen molar-refractivity contribution in [3.63, 3.8) is 0 Å². The summed E-state index contributed by atoms with van der Waals surface area (Å²) in [7, 11) is 0. The normalized spacial score (nSPS) is 16.2. The molecule has 0 amide bonds. The molecule has 1 aliphatic heterocycles. The van der Waals surface area contributed by atoms with Crippen molar-refractivity contribution in [2.45, 2.75) is 19.8 Å². The fourth-order valence-electron chi connectivity index (χ4n) is 1.77. The van der Waals surface area contributed by atoms with Gasteiger partial charge < -0.3 is 0 Å². The fourth-order valence-corrected chi connectivity index (χ4v) is 1.77. The minimum atomic E-state index is 1.04. The van der Waals surface area contributed by atoms with E-state index in [1.54, 1.807) is 0 Å². The Bertz CT molecular complexity index is 318. The molecular weight excluding hydrogens is 160 g/mol. The number of aryl methyl sites for hydroxylation is 1. The Morgan fingerprint density at radius 1 is 1.38 bits per heavy atom. The maximum atomic E-state index is 4.33. The van der Waals surface area contributed by atoms with Crippen LogP contribution in [0.1, 0.15) is 18.9 Å². The highest BCUT2D eigenvalue weighted by atomic mass is 15.4. The topological polar surface area (TPSA) is 15.6 Å². The number of rotatable bonds is 1. The average Bonchev–Trinajstić information content (AvgIpc) is 2.19. The third-order valence-corrected chi connectivity index (χ3v) is 2.34. The Hall–Kier alpha value is -1.31. The summed E-state index contributed by atoms with van der Waals surface area (Å²) in [6.45, 7) is 3.00. The summed E-state index contributed by atoms with van der Waals surface area (Å²) in [5, 5.41) is 6.42. The molecule has 13 heavy (non-hydrogen) atoms. The van der Waals surface area contributed by atoms with Gasteiger partial charge in [0.15, 0.2) is 0 Å². The predicted octanol–water partition coefficient (Wildman–Crippen LogP) is 2.44. The third-order valence-electron chi connectivity index (χ3n) is 2.34. The maximum absolute atomic E-state index is 4.33. The van der Waals surface area contributed by atoms with Gasteiger partial charge in [0.05, 0.1) is 5.69 Å². The molecule has 68 valence electrons. The van der Waals surface area contributed by atoms with Crippen molar-refractivity contribution in [3.05, 3.63) is 29.8 Å². The Labute approximate surface area is 78.9 Å². The van der Waals surface area contributed by atoms with Crippen LogP contribution in [0.2, 0.25) is 0 Å². The van der Waals surface area contributed by atoms with Crippen molar-refractivity contribution in [1.82, 2.24) is 0 Å². The molecule has 0 bridgehead atoms. The van der Waals surface area contributed by atoms with Gasteiger partial charge >= 0.3 is 0 Å². The zero-order chi connectivity index (χ0) is 9.10. The first-order chi connectivity index (χ1) is 6.42. The number of para-hydroxylation sites is 1. The summed E-state index contributed by atoms with van der Waals surface area (Å²) in [5.74, 6) is 0. The molecule has 1 heterocycles. The van der Waals surface area contributed by atoms with Crippen LogP contribution in [-0.4, -0.2) is 12.8 Å². The lowest BCUT2D eigenvalue weighted by Crippen LogP contribution is -2.23. The van der Waals surface area contributed by atoms with Crippen LogP contribution in [0.15, 0.2) is 29.4 Å². The quantitative estimate of drug-likeness (QED) is 0.597. The van der Waals surface area contributed by atoms with Crippen molar-refractivity contribution in [2.24, 2.45) is 5.10 Å². The maximum Gasteiger partial charge on any atom is 0.0625 e. The molecule has 1 aliphatic rings. The van der Waals surface area contributed by atoms with Gasteiger partial charge in [0.2, 0.25) is 0 Å². The molecule has 2 heteroatoms. The molecule has 0 radical (unpaired) electrons. The molecule has 0 aliphatic carbocycles. The number of hydrazone groups is 1. The minimum Gasteiger partial charge on any atom is -0.266 e. The summed E-state index contributed by atoms with van der Waals surface area (Å²) in [5.41, 5.74) is 2.69. The van der Waals surface area contributed by atoms with Gasteiger partial charge in [-0.05, 0) is 31.4 Å². The molecule has 0 saturated heterocycles. The van der Waals surface area contributed by atoms with Crippen LogP contribution in [-0.2, 0) is 6.42 Å². The van der Waals surface area contributed by atoms with E-state index in [4.69, 9.17) is 0 Å². The molecule has 0 unspecified atom stereocenters. The van der Waals surface area contributed by atoms with Gasteiger partial charge in [-0.3, -0.25) is 5.01 Å². The monoisotopic (exact) mass is 174 g/mol. The molecule has 0 N–H and O–H groups in total. The molecule has 0 saturated carbocycles. The van der Waals surface area contributed by atoms with Gasteiger partial charge in [0.1, 0.15) is 0 Å². The summed E-state index contributed by atoms with van der Waals surface area (Å²) >= 11 is 0. The second-order valence-corrected chi connectivity index (χ2v) is 3.23. The first-order valence-corrected chi connectivity index (χ1v) is 4.76. The standard InChI is InChI=1S/C11H14N2/c1-2-12-13-9-5-7-10-6-3-4-8-11(10)13/h2-4,6,8H,5,7,9H2,1H3. The highest BCUT2D eigenvalue weighted by Gasteiger charge is 2.14. The number of hydrogen-bond acceptors (Lipinski definition) is 2. The SMILES string of the molecule is CC=NN1CCCc2ccccc21. The number of fused-ring (bicyclic) bond motifs is 1. The van der Waals surface area contributed by atoms with Gasteiger partial charge in [0.25, 0.3) is 0 Å². The lowest BCUT2D eigenvalue weighted by Gasteiger charge is -2.26. The summed E-state index contributed by atoms with van der Waals surface area (Å²) in [6.07, 6.45) is 4.24. The van der Waals surface area contributed by atoms with Crippen molar-refractivity contribution in [2.75, 3.05) is 11.6 Å². The Kier molecular flexibility index (Phi) is 2.30. The van der Waals surface area contributed by atoms with Crippen molar-refractivity contribution in [1.29, 1.82) is 0 Å². The van der Waals surface area contributed by atoms with Crippen LogP contribution in [0.4, 0.5) is 5.69 Å². The van der Waals surface area contributed by atoms with E-state index in [1.165, 1.54) is 24.1 Å².